The molecule has 2 aromatic rings. The summed E-state index contributed by atoms with van der Waals surface area (Å²) >= 11 is 0. The molecule has 0 saturated heterocycles. The van der Waals surface area contributed by atoms with Crippen molar-refractivity contribution < 1.29 is 0 Å². The van der Waals surface area contributed by atoms with Crippen LogP contribution in [0.4, 0.5) is 11.8 Å². The van der Waals surface area contributed by atoms with Crippen LogP contribution >= 0.6 is 0 Å². The lowest BCUT2D eigenvalue weighted by molar-refractivity contribution is 1.01. The highest BCUT2D eigenvalue weighted by atomic mass is 15.1. The molecule has 5 heteroatoms. The zero-order chi connectivity index (χ0) is 12.1. The molecule has 0 unspecified atom stereocenters. The van der Waals surface area contributed by atoms with E-state index < -0.39 is 0 Å². The summed E-state index contributed by atoms with van der Waals surface area (Å²) in [6.07, 6.45) is 1.78. The van der Waals surface area contributed by atoms with Gasteiger partial charge in [0.2, 0.25) is 5.95 Å². The quantitative estimate of drug-likeness (QED) is 0.837. The number of rotatable bonds is 4. The second-order valence-electron chi connectivity index (χ2n) is 3.64. The van der Waals surface area contributed by atoms with Crippen molar-refractivity contribution in [1.29, 1.82) is 0 Å². The van der Waals surface area contributed by atoms with Crippen molar-refractivity contribution in [2.75, 3.05) is 17.7 Å². The van der Waals surface area contributed by atoms with Gasteiger partial charge in [-0.1, -0.05) is 6.07 Å². The molecule has 0 saturated carbocycles. The maximum absolute atomic E-state index is 4.31. The standard InChI is InChI=1S/C12H15N5/c1-9-7-11(17-12(13-2)16-9)15-8-10-5-3-4-6-14-10/h3-7H,8H2,1-2H3,(H2,13,15,16,17). The molecule has 5 nitrogen and oxygen atoms in total. The topological polar surface area (TPSA) is 62.7 Å². The fourth-order valence-corrected chi connectivity index (χ4v) is 1.45. The molecule has 88 valence electrons. The van der Waals surface area contributed by atoms with Gasteiger partial charge in [0.15, 0.2) is 0 Å². The third-order valence-corrected chi connectivity index (χ3v) is 2.25. The van der Waals surface area contributed by atoms with Crippen LogP contribution in [-0.2, 0) is 6.54 Å². The molecule has 2 N–H and O–H groups in total. The maximum atomic E-state index is 4.31. The summed E-state index contributed by atoms with van der Waals surface area (Å²) < 4.78 is 0. The largest absolute Gasteiger partial charge is 0.364 e. The van der Waals surface area contributed by atoms with Crippen molar-refractivity contribution in [2.45, 2.75) is 13.5 Å². The molecule has 0 atom stereocenters. The minimum Gasteiger partial charge on any atom is -0.364 e. The highest BCUT2D eigenvalue weighted by Gasteiger charge is 2.00. The molecular formula is C12H15N5. The first kappa shape index (κ1) is 11.3. The predicted molar refractivity (Wildman–Crippen MR) is 67.9 cm³/mol. The van der Waals surface area contributed by atoms with E-state index in [9.17, 15) is 0 Å². The molecule has 2 aromatic heterocycles. The average molecular weight is 229 g/mol. The molecule has 0 amide bonds. The molecule has 2 rings (SSSR count). The fraction of sp³-hybridized carbons (Fsp3) is 0.250. The Morgan fingerprint density at radius 3 is 2.82 bits per heavy atom. The highest BCUT2D eigenvalue weighted by Crippen LogP contribution is 2.09. The first-order valence-corrected chi connectivity index (χ1v) is 5.45. The second kappa shape index (κ2) is 5.25. The molecule has 0 radical (unpaired) electrons. The van der Waals surface area contributed by atoms with Gasteiger partial charge < -0.3 is 10.6 Å². The van der Waals surface area contributed by atoms with E-state index in [1.807, 2.05) is 31.2 Å². The predicted octanol–water partition coefficient (Wildman–Crippen LogP) is 1.83. The molecular weight excluding hydrogens is 214 g/mol. The third-order valence-electron chi connectivity index (χ3n) is 2.25. The molecule has 17 heavy (non-hydrogen) atoms. The van der Waals surface area contributed by atoms with Crippen molar-refractivity contribution >= 4 is 11.8 Å². The maximum Gasteiger partial charge on any atom is 0.224 e. The minimum absolute atomic E-state index is 0.619. The number of anilines is 2. The van der Waals surface area contributed by atoms with Gasteiger partial charge in [-0.25, -0.2) is 4.98 Å². The van der Waals surface area contributed by atoms with Crippen LogP contribution in [0.15, 0.2) is 30.5 Å². The number of nitrogens with one attached hydrogen (secondary N) is 2. The van der Waals surface area contributed by atoms with Gasteiger partial charge >= 0.3 is 0 Å². The minimum atomic E-state index is 0.619. The van der Waals surface area contributed by atoms with Crippen molar-refractivity contribution in [3.05, 3.63) is 41.9 Å². The van der Waals surface area contributed by atoms with Crippen LogP contribution in [0, 0.1) is 6.92 Å². The Labute approximate surface area is 100 Å². The molecule has 0 aliphatic carbocycles. The van der Waals surface area contributed by atoms with Gasteiger partial charge in [-0.05, 0) is 19.1 Å². The third kappa shape index (κ3) is 3.14. The first-order chi connectivity index (χ1) is 8.28. The van der Waals surface area contributed by atoms with Gasteiger partial charge in [0.1, 0.15) is 5.82 Å². The van der Waals surface area contributed by atoms with Gasteiger partial charge in [0, 0.05) is 25.0 Å². The van der Waals surface area contributed by atoms with Crippen LogP contribution in [-0.4, -0.2) is 22.0 Å². The number of aromatic nitrogens is 3. The highest BCUT2D eigenvalue weighted by molar-refractivity contribution is 5.42. The van der Waals surface area contributed by atoms with Crippen molar-refractivity contribution in [2.24, 2.45) is 0 Å². The SMILES string of the molecule is CNc1nc(C)cc(NCc2ccccn2)n1. The monoisotopic (exact) mass is 229 g/mol. The van der Waals surface area contributed by atoms with Gasteiger partial charge in [0.25, 0.3) is 0 Å². The summed E-state index contributed by atoms with van der Waals surface area (Å²) in [5.74, 6) is 1.42. The van der Waals surface area contributed by atoms with Crippen LogP contribution in [0.3, 0.4) is 0 Å². The lowest BCUT2D eigenvalue weighted by Crippen LogP contribution is -2.06. The smallest absolute Gasteiger partial charge is 0.224 e. The Hall–Kier alpha value is -2.17. The van der Waals surface area contributed by atoms with Gasteiger partial charge in [-0.2, -0.15) is 4.98 Å². The summed E-state index contributed by atoms with van der Waals surface area (Å²) in [4.78, 5) is 12.8. The zero-order valence-corrected chi connectivity index (χ0v) is 9.94. The van der Waals surface area contributed by atoms with Crippen LogP contribution < -0.4 is 10.6 Å². The Balaban J connectivity index is 2.06. The van der Waals surface area contributed by atoms with E-state index >= 15 is 0 Å². The van der Waals surface area contributed by atoms with E-state index in [0.717, 1.165) is 17.2 Å². The molecule has 0 fully saturated rings. The Bertz CT molecular complexity index is 484. The van der Waals surface area contributed by atoms with Crippen molar-refractivity contribution in [3.8, 4) is 0 Å². The van der Waals surface area contributed by atoms with E-state index in [0.29, 0.717) is 12.5 Å². The Morgan fingerprint density at radius 2 is 2.12 bits per heavy atom. The van der Waals surface area contributed by atoms with Crippen LogP contribution in [0.2, 0.25) is 0 Å². The summed E-state index contributed by atoms with van der Waals surface area (Å²) in [5, 5.41) is 6.15. The normalized spacial score (nSPS) is 10.0. The van der Waals surface area contributed by atoms with E-state index in [4.69, 9.17) is 0 Å². The van der Waals surface area contributed by atoms with Crippen molar-refractivity contribution in [3.63, 3.8) is 0 Å². The molecule has 0 aromatic carbocycles. The first-order valence-electron chi connectivity index (χ1n) is 5.45. The lowest BCUT2D eigenvalue weighted by Gasteiger charge is -2.07. The molecule has 0 aliphatic heterocycles. The van der Waals surface area contributed by atoms with Crippen LogP contribution in [0.1, 0.15) is 11.4 Å². The molecule has 0 aliphatic rings. The molecule has 0 spiro atoms. The number of hydrogen-bond acceptors (Lipinski definition) is 5. The van der Waals surface area contributed by atoms with Gasteiger partial charge in [-0.3, -0.25) is 4.98 Å². The number of pyridine rings is 1. The summed E-state index contributed by atoms with van der Waals surface area (Å²) in [6, 6.07) is 7.75. The Kier molecular flexibility index (Phi) is 3.49. The lowest BCUT2D eigenvalue weighted by atomic mass is 10.3. The average Bonchev–Trinajstić information content (AvgIpc) is 2.37. The van der Waals surface area contributed by atoms with E-state index in [2.05, 4.69) is 25.6 Å². The van der Waals surface area contributed by atoms with Crippen LogP contribution in [0.5, 0.6) is 0 Å². The summed E-state index contributed by atoms with van der Waals surface area (Å²) in [5.41, 5.74) is 1.91. The van der Waals surface area contributed by atoms with Crippen molar-refractivity contribution in [1.82, 2.24) is 15.0 Å². The zero-order valence-electron chi connectivity index (χ0n) is 9.94. The van der Waals surface area contributed by atoms with Gasteiger partial charge in [-0.15, -0.1) is 0 Å². The number of hydrogen-bond donors (Lipinski definition) is 2. The fourth-order valence-electron chi connectivity index (χ4n) is 1.45. The summed E-state index contributed by atoms with van der Waals surface area (Å²) in [6.45, 7) is 2.59. The number of nitrogens with zero attached hydrogens (tertiary/aromatic N) is 3. The molecule has 2 heterocycles. The number of aryl methyl sites for hydroxylation is 1. The van der Waals surface area contributed by atoms with Crippen LogP contribution in [0.25, 0.3) is 0 Å². The van der Waals surface area contributed by atoms with E-state index in [-0.39, 0.29) is 0 Å². The van der Waals surface area contributed by atoms with E-state index in [1.165, 1.54) is 0 Å². The molecule has 0 bridgehead atoms. The van der Waals surface area contributed by atoms with Gasteiger partial charge in [0.05, 0.1) is 12.2 Å². The van der Waals surface area contributed by atoms with E-state index in [1.54, 1.807) is 13.2 Å². The summed E-state index contributed by atoms with van der Waals surface area (Å²) in [7, 11) is 1.80. The Morgan fingerprint density at radius 1 is 1.24 bits per heavy atom. The second-order valence-corrected chi connectivity index (χ2v) is 3.64.